The zero-order valence-corrected chi connectivity index (χ0v) is 16.5. The molecular weight excluding hydrogens is 376 g/mol. The highest BCUT2D eigenvalue weighted by Crippen LogP contribution is 2.21. The predicted octanol–water partition coefficient (Wildman–Crippen LogP) is 4.17. The highest BCUT2D eigenvalue weighted by Gasteiger charge is 2.28. The minimum absolute atomic E-state index is 0.0152. The molecule has 1 saturated heterocycles. The first kappa shape index (κ1) is 19.5. The Balaban J connectivity index is 1.33. The van der Waals surface area contributed by atoms with Gasteiger partial charge in [-0.25, -0.2) is 0 Å². The van der Waals surface area contributed by atoms with Crippen molar-refractivity contribution in [2.75, 3.05) is 18.4 Å². The van der Waals surface area contributed by atoms with Crippen molar-refractivity contribution in [1.29, 1.82) is 0 Å². The second kappa shape index (κ2) is 9.15. The number of anilines is 1. The van der Waals surface area contributed by atoms with Gasteiger partial charge in [0.2, 0.25) is 5.91 Å². The van der Waals surface area contributed by atoms with Crippen molar-refractivity contribution in [2.45, 2.75) is 12.8 Å². The Morgan fingerprint density at radius 1 is 0.933 bits per heavy atom. The van der Waals surface area contributed by atoms with Gasteiger partial charge in [-0.05, 0) is 49.2 Å². The minimum Gasteiger partial charge on any atom is -0.472 e. The number of amides is 2. The molecule has 0 radical (unpaired) electrons. The van der Waals surface area contributed by atoms with Crippen molar-refractivity contribution >= 4 is 17.5 Å². The summed E-state index contributed by atoms with van der Waals surface area (Å²) in [6.07, 6.45) is 4.23. The first-order chi connectivity index (χ1) is 14.7. The number of likely N-dealkylation sites (tertiary alicyclic amines) is 1. The van der Waals surface area contributed by atoms with E-state index in [1.54, 1.807) is 11.0 Å². The summed E-state index contributed by atoms with van der Waals surface area (Å²) in [5, 5.41) is 3.00. The van der Waals surface area contributed by atoms with Gasteiger partial charge in [-0.3, -0.25) is 9.59 Å². The molecule has 1 aliphatic rings. The summed E-state index contributed by atoms with van der Waals surface area (Å²) in [5.74, 6) is 6.08. The molecule has 1 aromatic heterocycles. The number of hydrogen-bond acceptors (Lipinski definition) is 3. The molecular formula is C25H22N2O3. The lowest BCUT2D eigenvalue weighted by atomic mass is 9.95. The molecule has 2 aromatic carbocycles. The van der Waals surface area contributed by atoms with Gasteiger partial charge in [0.25, 0.3) is 5.91 Å². The maximum Gasteiger partial charge on any atom is 0.257 e. The number of piperidine rings is 1. The van der Waals surface area contributed by atoms with E-state index in [-0.39, 0.29) is 17.7 Å². The second-order valence-electron chi connectivity index (χ2n) is 7.26. The minimum atomic E-state index is -0.113. The Labute approximate surface area is 175 Å². The largest absolute Gasteiger partial charge is 0.472 e. The topological polar surface area (TPSA) is 62.6 Å². The van der Waals surface area contributed by atoms with Gasteiger partial charge in [0, 0.05) is 35.8 Å². The molecule has 0 spiro atoms. The molecule has 0 aliphatic carbocycles. The molecule has 0 saturated carbocycles. The van der Waals surface area contributed by atoms with Crippen molar-refractivity contribution in [3.8, 4) is 11.8 Å². The lowest BCUT2D eigenvalue weighted by Gasteiger charge is -2.31. The third kappa shape index (κ3) is 4.79. The number of rotatable bonds is 3. The Morgan fingerprint density at radius 3 is 2.40 bits per heavy atom. The number of nitrogens with zero attached hydrogens (tertiary/aromatic N) is 1. The highest BCUT2D eigenvalue weighted by molar-refractivity contribution is 5.95. The predicted molar refractivity (Wildman–Crippen MR) is 115 cm³/mol. The Morgan fingerprint density at radius 2 is 1.67 bits per heavy atom. The van der Waals surface area contributed by atoms with Crippen LogP contribution in [0, 0.1) is 17.8 Å². The molecule has 0 bridgehead atoms. The SMILES string of the molecule is O=C(Nc1cccc(C#Cc2ccccc2)c1)C1CCN(C(=O)c2ccoc2)CC1. The Kier molecular flexibility index (Phi) is 5.95. The summed E-state index contributed by atoms with van der Waals surface area (Å²) < 4.78 is 4.98. The number of hydrogen-bond donors (Lipinski definition) is 1. The van der Waals surface area contributed by atoms with E-state index in [9.17, 15) is 9.59 Å². The van der Waals surface area contributed by atoms with Gasteiger partial charge in [0.1, 0.15) is 6.26 Å². The van der Waals surface area contributed by atoms with Crippen LogP contribution in [-0.4, -0.2) is 29.8 Å². The third-order valence-electron chi connectivity index (χ3n) is 5.18. The van der Waals surface area contributed by atoms with E-state index < -0.39 is 0 Å². The van der Waals surface area contributed by atoms with Crippen molar-refractivity contribution in [3.63, 3.8) is 0 Å². The molecule has 3 aromatic rings. The van der Waals surface area contributed by atoms with Crippen LogP contribution >= 0.6 is 0 Å². The van der Waals surface area contributed by atoms with E-state index in [0.29, 0.717) is 31.5 Å². The lowest BCUT2D eigenvalue weighted by Crippen LogP contribution is -2.41. The fourth-order valence-corrected chi connectivity index (χ4v) is 3.50. The highest BCUT2D eigenvalue weighted by atomic mass is 16.3. The maximum atomic E-state index is 12.7. The van der Waals surface area contributed by atoms with Gasteiger partial charge >= 0.3 is 0 Å². The normalized spacial score (nSPS) is 13.9. The first-order valence-electron chi connectivity index (χ1n) is 9.98. The summed E-state index contributed by atoms with van der Waals surface area (Å²) >= 11 is 0. The van der Waals surface area contributed by atoms with Gasteiger partial charge < -0.3 is 14.6 Å². The van der Waals surface area contributed by atoms with Gasteiger partial charge in [0.05, 0.1) is 11.8 Å². The second-order valence-corrected chi connectivity index (χ2v) is 7.26. The standard InChI is InChI=1S/C25H22N2O3/c28-24(21-11-14-27(15-12-21)25(29)22-13-16-30-18-22)26-23-8-4-7-20(17-23)10-9-19-5-2-1-3-6-19/h1-8,13,16-18,21H,11-12,14-15H2,(H,26,28). The fraction of sp³-hybridized carbons (Fsp3) is 0.200. The van der Waals surface area contributed by atoms with E-state index in [4.69, 9.17) is 4.42 Å². The van der Waals surface area contributed by atoms with Crippen molar-refractivity contribution in [2.24, 2.45) is 5.92 Å². The molecule has 5 heteroatoms. The van der Waals surface area contributed by atoms with Crippen LogP contribution in [0.1, 0.15) is 34.3 Å². The van der Waals surface area contributed by atoms with Crippen molar-refractivity contribution < 1.29 is 14.0 Å². The maximum absolute atomic E-state index is 12.7. The molecule has 4 rings (SSSR count). The van der Waals surface area contributed by atoms with Crippen molar-refractivity contribution in [1.82, 2.24) is 4.90 Å². The van der Waals surface area contributed by atoms with E-state index in [1.807, 2.05) is 54.6 Å². The van der Waals surface area contributed by atoms with Gasteiger partial charge in [-0.1, -0.05) is 36.1 Å². The van der Waals surface area contributed by atoms with Crippen LogP contribution in [0.5, 0.6) is 0 Å². The number of nitrogens with one attached hydrogen (secondary N) is 1. The van der Waals surface area contributed by atoms with E-state index in [2.05, 4.69) is 17.2 Å². The molecule has 1 N–H and O–H groups in total. The molecule has 0 atom stereocenters. The van der Waals surface area contributed by atoms with Gasteiger partial charge in [-0.2, -0.15) is 0 Å². The third-order valence-corrected chi connectivity index (χ3v) is 5.18. The number of furan rings is 1. The molecule has 2 heterocycles. The number of benzene rings is 2. The monoisotopic (exact) mass is 398 g/mol. The smallest absolute Gasteiger partial charge is 0.257 e. The summed E-state index contributed by atoms with van der Waals surface area (Å²) in [6.45, 7) is 1.12. The number of carbonyl (C=O) groups excluding carboxylic acids is 2. The van der Waals surface area contributed by atoms with E-state index in [1.165, 1.54) is 12.5 Å². The van der Waals surface area contributed by atoms with Crippen LogP contribution in [0.15, 0.2) is 77.6 Å². The average molecular weight is 398 g/mol. The summed E-state index contributed by atoms with van der Waals surface area (Å²) in [5.41, 5.74) is 3.07. The van der Waals surface area contributed by atoms with E-state index in [0.717, 1.165) is 16.8 Å². The molecule has 1 aliphatic heterocycles. The Hall–Kier alpha value is -3.78. The fourth-order valence-electron chi connectivity index (χ4n) is 3.50. The molecule has 5 nitrogen and oxygen atoms in total. The first-order valence-corrected chi connectivity index (χ1v) is 9.98. The molecule has 2 amide bonds. The zero-order valence-electron chi connectivity index (χ0n) is 16.5. The van der Waals surface area contributed by atoms with E-state index >= 15 is 0 Å². The summed E-state index contributed by atoms with van der Waals surface area (Å²) in [6, 6.07) is 19.0. The van der Waals surface area contributed by atoms with Crippen LogP contribution in [0.4, 0.5) is 5.69 Å². The molecule has 1 fully saturated rings. The molecule has 30 heavy (non-hydrogen) atoms. The quantitative estimate of drug-likeness (QED) is 0.674. The molecule has 150 valence electrons. The number of carbonyl (C=O) groups is 2. The van der Waals surface area contributed by atoms with Crippen LogP contribution in [-0.2, 0) is 4.79 Å². The Bertz CT molecular complexity index is 1070. The van der Waals surface area contributed by atoms with Gasteiger partial charge in [0.15, 0.2) is 0 Å². The zero-order chi connectivity index (χ0) is 20.8. The average Bonchev–Trinajstić information content (AvgIpc) is 3.33. The van der Waals surface area contributed by atoms with Crippen LogP contribution in [0.25, 0.3) is 0 Å². The summed E-state index contributed by atoms with van der Waals surface area (Å²) in [7, 11) is 0. The lowest BCUT2D eigenvalue weighted by molar-refractivity contribution is -0.121. The molecule has 0 unspecified atom stereocenters. The van der Waals surface area contributed by atoms with Crippen LogP contribution in [0.2, 0.25) is 0 Å². The van der Waals surface area contributed by atoms with Gasteiger partial charge in [-0.15, -0.1) is 0 Å². The van der Waals surface area contributed by atoms with Crippen LogP contribution in [0.3, 0.4) is 0 Å². The van der Waals surface area contributed by atoms with Crippen molar-refractivity contribution in [3.05, 3.63) is 89.9 Å². The van der Waals surface area contributed by atoms with Crippen LogP contribution < -0.4 is 5.32 Å². The summed E-state index contributed by atoms with van der Waals surface area (Å²) in [4.78, 5) is 26.9.